The Morgan fingerprint density at radius 1 is 0.870 bits per heavy atom. The van der Waals surface area contributed by atoms with Gasteiger partial charge in [-0.2, -0.15) is 0 Å². The summed E-state index contributed by atoms with van der Waals surface area (Å²) in [5.74, 6) is 0.286. The Bertz CT molecular complexity index is 1690. The van der Waals surface area contributed by atoms with Crippen molar-refractivity contribution in [2.24, 2.45) is 10.8 Å². The van der Waals surface area contributed by atoms with Crippen molar-refractivity contribution in [2.45, 2.75) is 106 Å². The van der Waals surface area contributed by atoms with E-state index in [1.54, 1.807) is 0 Å². The van der Waals surface area contributed by atoms with E-state index in [2.05, 4.69) is 74.3 Å². The molecular weight excluding hydrogens is 745 g/mol. The van der Waals surface area contributed by atoms with Crippen LogP contribution in [0.5, 0.6) is 0 Å². The molecule has 4 nitrogen and oxygen atoms in total. The van der Waals surface area contributed by atoms with Crippen LogP contribution >= 0.6 is 0 Å². The van der Waals surface area contributed by atoms with Gasteiger partial charge in [0.05, 0.1) is 0 Å². The molecule has 1 radical (unpaired) electrons. The molecule has 0 spiro atoms. The van der Waals surface area contributed by atoms with Crippen LogP contribution in [0.1, 0.15) is 105 Å². The first kappa shape index (κ1) is 37.3. The number of nitrogens with zero attached hydrogens (tertiary/aromatic N) is 2. The normalized spacial score (nSPS) is 13.2. The summed E-state index contributed by atoms with van der Waals surface area (Å²) in [6.45, 7) is 18.9. The van der Waals surface area contributed by atoms with E-state index in [0.717, 1.165) is 55.2 Å². The summed E-state index contributed by atoms with van der Waals surface area (Å²) >= 11 is 0. The summed E-state index contributed by atoms with van der Waals surface area (Å²) in [6, 6.07) is 18.8. The molecule has 1 aliphatic carbocycles. The maximum Gasteiger partial charge on any atom is 0.164 e. The van der Waals surface area contributed by atoms with Crippen molar-refractivity contribution >= 4 is 16.6 Å². The first-order valence-corrected chi connectivity index (χ1v) is 16.6. The van der Waals surface area contributed by atoms with Crippen molar-refractivity contribution in [1.82, 2.24) is 9.97 Å². The molecule has 0 aliphatic heterocycles. The molecule has 1 N–H and O–H groups in total. The molecule has 0 saturated carbocycles. The summed E-state index contributed by atoms with van der Waals surface area (Å²) in [5.41, 5.74) is 8.13. The van der Waals surface area contributed by atoms with Gasteiger partial charge in [0.15, 0.2) is 5.78 Å². The Hall–Kier alpha value is -3.14. The van der Waals surface area contributed by atoms with Gasteiger partial charge in [-0.3, -0.25) is 14.8 Å². The molecule has 2 aromatic heterocycles. The van der Waals surface area contributed by atoms with Gasteiger partial charge < -0.3 is 5.11 Å². The summed E-state index contributed by atoms with van der Waals surface area (Å²) in [4.78, 5) is 21.4. The third kappa shape index (κ3) is 7.69. The van der Waals surface area contributed by atoms with Crippen LogP contribution in [-0.4, -0.2) is 20.9 Å². The van der Waals surface area contributed by atoms with E-state index in [0.29, 0.717) is 0 Å². The number of carbonyl (C=O) groups excluding carboxylic acids is 1. The maximum atomic E-state index is 12.2. The number of aliphatic hydroxyl groups excluding tert-OH is 1. The standard InChI is InChI=1S/C26H23N2.C15H28O2.Ir/c1-26(2,3)24-15-19(14-18-6-4-5-7-20(18)24)25-22-9-8-17-10-12-27-16-23(17)21(22)11-13-28-25;1-7-14(5,8-2)12(16)11-13(17)15(6,9-3)10-4;/h4-7,10-13,15-16H,8-9H2,1-3H3;11,16H,7-10H2,1-6H3;/q-1;;/b;12-11-;. The van der Waals surface area contributed by atoms with Crippen molar-refractivity contribution in [2.75, 3.05) is 0 Å². The minimum atomic E-state index is -0.337. The molecule has 0 saturated heterocycles. The number of aromatic nitrogens is 2. The van der Waals surface area contributed by atoms with Gasteiger partial charge in [-0.05, 0) is 72.8 Å². The van der Waals surface area contributed by atoms with Crippen LogP contribution in [0.3, 0.4) is 0 Å². The average Bonchev–Trinajstić information content (AvgIpc) is 3.06. The van der Waals surface area contributed by atoms with Gasteiger partial charge >= 0.3 is 0 Å². The first-order chi connectivity index (χ1) is 21.3. The van der Waals surface area contributed by atoms with E-state index < -0.39 is 0 Å². The zero-order valence-corrected chi connectivity index (χ0v) is 31.6. The van der Waals surface area contributed by atoms with Crippen molar-refractivity contribution in [3.05, 3.63) is 95.6 Å². The summed E-state index contributed by atoms with van der Waals surface area (Å²) in [5, 5.41) is 12.6. The molecule has 247 valence electrons. The predicted octanol–water partition coefficient (Wildman–Crippen LogP) is 10.8. The van der Waals surface area contributed by atoms with Crippen molar-refractivity contribution in [3.8, 4) is 22.4 Å². The van der Waals surface area contributed by atoms with Gasteiger partial charge in [0.1, 0.15) is 5.76 Å². The number of carbonyl (C=O) groups is 1. The monoisotopic (exact) mass is 796 g/mol. The molecular formula is C41H51IrN2O2-. The minimum absolute atomic E-state index is 0. The molecule has 2 heterocycles. The van der Waals surface area contributed by atoms with Crippen molar-refractivity contribution in [1.29, 1.82) is 0 Å². The van der Waals surface area contributed by atoms with Gasteiger partial charge in [0.2, 0.25) is 0 Å². The number of ketones is 1. The fourth-order valence-corrected chi connectivity index (χ4v) is 6.04. The zero-order valence-electron chi connectivity index (χ0n) is 29.2. The van der Waals surface area contributed by atoms with Crippen molar-refractivity contribution in [3.63, 3.8) is 0 Å². The molecule has 46 heavy (non-hydrogen) atoms. The second-order valence-electron chi connectivity index (χ2n) is 14.0. The van der Waals surface area contributed by atoms with Crippen LogP contribution in [-0.2, 0) is 43.2 Å². The Morgan fingerprint density at radius 3 is 2.15 bits per heavy atom. The molecule has 5 heteroatoms. The van der Waals surface area contributed by atoms with E-state index in [1.165, 1.54) is 39.3 Å². The van der Waals surface area contributed by atoms with Gasteiger partial charge in [-0.1, -0.05) is 91.5 Å². The topological polar surface area (TPSA) is 63.1 Å². The number of pyridine rings is 2. The molecule has 0 unspecified atom stereocenters. The Kier molecular flexibility index (Phi) is 12.3. The van der Waals surface area contributed by atoms with Crippen LogP contribution in [0.15, 0.2) is 72.9 Å². The molecule has 2 aromatic carbocycles. The van der Waals surface area contributed by atoms with Gasteiger partial charge in [0, 0.05) is 66.9 Å². The van der Waals surface area contributed by atoms with Gasteiger partial charge in [0.25, 0.3) is 0 Å². The smallest absolute Gasteiger partial charge is 0.164 e. The number of fused-ring (bicyclic) bond motifs is 4. The fraction of sp³-hybridized carbons (Fsp3) is 0.439. The van der Waals surface area contributed by atoms with Crippen LogP contribution in [0.2, 0.25) is 0 Å². The van der Waals surface area contributed by atoms with Gasteiger partial charge in [-0.15, -0.1) is 29.1 Å². The average molecular weight is 796 g/mol. The van der Waals surface area contributed by atoms with E-state index in [1.807, 2.05) is 60.1 Å². The third-order valence-electron chi connectivity index (χ3n) is 10.3. The largest absolute Gasteiger partial charge is 0.512 e. The van der Waals surface area contributed by atoms with E-state index in [9.17, 15) is 9.90 Å². The molecule has 4 aromatic rings. The zero-order chi connectivity index (χ0) is 33.0. The molecule has 0 bridgehead atoms. The van der Waals surface area contributed by atoms with Crippen molar-refractivity contribution < 1.29 is 30.0 Å². The quantitative estimate of drug-likeness (QED) is 0.110. The fourth-order valence-electron chi connectivity index (χ4n) is 6.04. The minimum Gasteiger partial charge on any atom is -0.512 e. The van der Waals surface area contributed by atoms with Gasteiger partial charge in [-0.25, -0.2) is 0 Å². The number of aliphatic hydroxyl groups is 1. The van der Waals surface area contributed by atoms with Crippen LogP contribution in [0, 0.1) is 16.9 Å². The Labute approximate surface area is 290 Å². The number of hydrogen-bond donors (Lipinski definition) is 1. The number of aryl methyl sites for hydroxylation is 1. The summed E-state index contributed by atoms with van der Waals surface area (Å²) < 4.78 is 0. The second-order valence-corrected chi connectivity index (χ2v) is 14.0. The molecule has 0 fully saturated rings. The number of benzene rings is 2. The van der Waals surface area contributed by atoms with E-state index in [4.69, 9.17) is 4.98 Å². The number of hydrogen-bond acceptors (Lipinski definition) is 4. The van der Waals surface area contributed by atoms with E-state index >= 15 is 0 Å². The molecule has 5 rings (SSSR count). The SMILES string of the molecule is CC(C)(C)c1cc(-c2nccc3c2CCc2ccncc2-3)[c-]c2ccccc12.CCC(C)(CC)C(=O)/C=C(\O)C(C)(CC)CC.[Ir]. The Morgan fingerprint density at radius 2 is 1.52 bits per heavy atom. The van der Waals surface area contributed by atoms with Crippen LogP contribution < -0.4 is 0 Å². The third-order valence-corrected chi connectivity index (χ3v) is 10.3. The number of rotatable bonds is 8. The van der Waals surface area contributed by atoms with Crippen LogP contribution in [0.4, 0.5) is 0 Å². The molecule has 0 amide bonds. The first-order valence-electron chi connectivity index (χ1n) is 16.6. The van der Waals surface area contributed by atoms with E-state index in [-0.39, 0.29) is 47.9 Å². The summed E-state index contributed by atoms with van der Waals surface area (Å²) in [7, 11) is 0. The van der Waals surface area contributed by atoms with Crippen LogP contribution in [0.25, 0.3) is 33.2 Å². The Balaban J connectivity index is 0.000000280. The number of allylic oxidation sites excluding steroid dienone is 2. The maximum absolute atomic E-state index is 12.2. The molecule has 0 atom stereocenters. The molecule has 1 aliphatic rings. The summed E-state index contributed by atoms with van der Waals surface area (Å²) in [6.07, 6.45) is 12.6. The second kappa shape index (κ2) is 15.2. The predicted molar refractivity (Wildman–Crippen MR) is 188 cm³/mol.